The number of H-pyrrole nitrogens is 1. The third-order valence-corrected chi connectivity index (χ3v) is 8.15. The van der Waals surface area contributed by atoms with Crippen LogP contribution in [0.1, 0.15) is 88.4 Å². The largest absolute Gasteiger partial charge is 0.353 e. The fourth-order valence-electron chi connectivity index (χ4n) is 5.04. The van der Waals surface area contributed by atoms with Crippen molar-refractivity contribution in [2.75, 3.05) is 0 Å². The number of hydrogen-bond acceptors (Lipinski definition) is 4. The molecule has 0 radical (unpaired) electrons. The third-order valence-electron chi connectivity index (χ3n) is 7.00. The Labute approximate surface area is 183 Å². The molecular weight excluding hydrogens is 394 g/mol. The molecule has 0 spiro atoms. The topological polar surface area (TPSA) is 74.8 Å². The van der Waals surface area contributed by atoms with E-state index in [-0.39, 0.29) is 16.9 Å². The van der Waals surface area contributed by atoms with E-state index in [0.717, 1.165) is 42.3 Å². The zero-order valence-electron chi connectivity index (χ0n) is 18.6. The average molecular weight is 430 g/mol. The Morgan fingerprint density at radius 1 is 1.17 bits per heavy atom. The molecule has 6 heteroatoms. The zero-order valence-corrected chi connectivity index (χ0v) is 19.4. The van der Waals surface area contributed by atoms with Crippen molar-refractivity contribution in [3.05, 3.63) is 26.6 Å². The smallest absolute Gasteiger partial charge is 0.259 e. The Hall–Kier alpha value is -1.69. The van der Waals surface area contributed by atoms with Gasteiger partial charge in [-0.3, -0.25) is 9.59 Å². The Kier molecular flexibility index (Phi) is 6.33. The summed E-state index contributed by atoms with van der Waals surface area (Å²) < 4.78 is 0. The van der Waals surface area contributed by atoms with Crippen LogP contribution in [0.25, 0.3) is 10.2 Å². The maximum Gasteiger partial charge on any atom is 0.259 e. The molecule has 2 aliphatic carbocycles. The minimum absolute atomic E-state index is 0.0362. The number of nitrogens with zero attached hydrogens (tertiary/aromatic N) is 1. The number of hydrogen-bond donors (Lipinski definition) is 2. The first-order chi connectivity index (χ1) is 14.3. The van der Waals surface area contributed by atoms with Gasteiger partial charge in [-0.15, -0.1) is 11.3 Å². The van der Waals surface area contributed by atoms with Crippen molar-refractivity contribution in [2.24, 2.45) is 11.3 Å². The Morgan fingerprint density at radius 3 is 2.60 bits per heavy atom. The summed E-state index contributed by atoms with van der Waals surface area (Å²) in [6.07, 6.45) is 11.1. The summed E-state index contributed by atoms with van der Waals surface area (Å²) in [7, 11) is 0. The zero-order chi connectivity index (χ0) is 21.3. The summed E-state index contributed by atoms with van der Waals surface area (Å²) >= 11 is 1.68. The van der Waals surface area contributed by atoms with Crippen molar-refractivity contribution in [1.82, 2.24) is 15.3 Å². The molecular formula is C24H35N3O2S. The van der Waals surface area contributed by atoms with Gasteiger partial charge >= 0.3 is 0 Å². The number of aryl methyl sites for hydroxylation is 2. The van der Waals surface area contributed by atoms with Crippen molar-refractivity contribution in [3.8, 4) is 0 Å². The van der Waals surface area contributed by atoms with E-state index < -0.39 is 0 Å². The highest BCUT2D eigenvalue weighted by Gasteiger charge is 2.31. The lowest BCUT2D eigenvalue weighted by molar-refractivity contribution is -0.121. The number of aromatic nitrogens is 2. The quantitative estimate of drug-likeness (QED) is 0.678. The first-order valence-corrected chi connectivity index (χ1v) is 12.5. The van der Waals surface area contributed by atoms with Crippen molar-refractivity contribution in [2.45, 2.75) is 97.4 Å². The third kappa shape index (κ3) is 4.79. The monoisotopic (exact) mass is 429 g/mol. The predicted molar refractivity (Wildman–Crippen MR) is 123 cm³/mol. The Morgan fingerprint density at radius 2 is 1.90 bits per heavy atom. The summed E-state index contributed by atoms with van der Waals surface area (Å²) in [6.45, 7) is 6.91. The van der Waals surface area contributed by atoms with E-state index in [0.29, 0.717) is 30.6 Å². The molecule has 164 valence electrons. The number of fused-ring (bicyclic) bond motifs is 3. The number of aromatic amines is 1. The summed E-state index contributed by atoms with van der Waals surface area (Å²) in [5.41, 5.74) is 1.46. The highest BCUT2D eigenvalue weighted by Crippen LogP contribution is 2.41. The molecule has 1 atom stereocenters. The SMILES string of the molecule is CC(C)(C)[C@@H]1CCc2c(sc3nc(CCC(=O)NC4CCCCCC4)[nH]c(=O)c23)C1. The van der Waals surface area contributed by atoms with E-state index in [2.05, 4.69) is 31.1 Å². The average Bonchev–Trinajstić information content (AvgIpc) is 2.86. The molecule has 2 aliphatic rings. The first-order valence-electron chi connectivity index (χ1n) is 11.6. The fourth-order valence-corrected chi connectivity index (χ4v) is 6.36. The highest BCUT2D eigenvalue weighted by atomic mass is 32.1. The van der Waals surface area contributed by atoms with Crippen LogP contribution in [0.4, 0.5) is 0 Å². The van der Waals surface area contributed by atoms with Crippen LogP contribution in [0.5, 0.6) is 0 Å². The number of carbonyl (C=O) groups is 1. The summed E-state index contributed by atoms with van der Waals surface area (Å²) in [5, 5.41) is 3.97. The minimum atomic E-state index is -0.0362. The van der Waals surface area contributed by atoms with Crippen molar-refractivity contribution in [3.63, 3.8) is 0 Å². The predicted octanol–water partition coefficient (Wildman–Crippen LogP) is 4.91. The molecule has 2 aromatic heterocycles. The summed E-state index contributed by atoms with van der Waals surface area (Å²) in [5.74, 6) is 1.35. The van der Waals surface area contributed by atoms with E-state index in [1.54, 1.807) is 11.3 Å². The normalized spacial score (nSPS) is 20.7. The fraction of sp³-hybridized carbons (Fsp3) is 0.708. The van der Waals surface area contributed by atoms with Gasteiger partial charge in [0.25, 0.3) is 5.56 Å². The van der Waals surface area contributed by atoms with Crippen molar-refractivity contribution in [1.29, 1.82) is 0 Å². The van der Waals surface area contributed by atoms with Gasteiger partial charge in [-0.05, 0) is 49.0 Å². The summed E-state index contributed by atoms with van der Waals surface area (Å²) in [4.78, 5) is 35.1. The van der Waals surface area contributed by atoms with Gasteiger partial charge in [-0.25, -0.2) is 4.98 Å². The number of rotatable bonds is 4. The maximum absolute atomic E-state index is 12.8. The molecule has 0 aliphatic heterocycles. The number of amides is 1. The molecule has 1 amide bonds. The molecule has 1 saturated carbocycles. The molecule has 5 nitrogen and oxygen atoms in total. The first kappa shape index (κ1) is 21.5. The van der Waals surface area contributed by atoms with Crippen LogP contribution in [-0.4, -0.2) is 21.9 Å². The van der Waals surface area contributed by atoms with Gasteiger partial charge in [-0.1, -0.05) is 46.5 Å². The molecule has 0 unspecified atom stereocenters. The summed E-state index contributed by atoms with van der Waals surface area (Å²) in [6, 6.07) is 0.314. The van der Waals surface area contributed by atoms with Crippen LogP contribution < -0.4 is 10.9 Å². The molecule has 4 rings (SSSR count). The highest BCUT2D eigenvalue weighted by molar-refractivity contribution is 7.18. The Balaban J connectivity index is 1.44. The van der Waals surface area contributed by atoms with E-state index in [4.69, 9.17) is 4.98 Å². The second-order valence-corrected chi connectivity index (χ2v) is 11.3. The van der Waals surface area contributed by atoms with Crippen molar-refractivity contribution < 1.29 is 4.79 Å². The Bertz CT molecular complexity index is 961. The van der Waals surface area contributed by atoms with Crippen LogP contribution in [0.3, 0.4) is 0 Å². The molecule has 2 heterocycles. The van der Waals surface area contributed by atoms with E-state index >= 15 is 0 Å². The second kappa shape index (κ2) is 8.81. The van der Waals surface area contributed by atoms with Gasteiger partial charge in [0.05, 0.1) is 5.39 Å². The lowest BCUT2D eigenvalue weighted by atomic mass is 9.72. The van der Waals surface area contributed by atoms with Gasteiger partial charge in [0.15, 0.2) is 0 Å². The number of carbonyl (C=O) groups excluding carboxylic acids is 1. The van der Waals surface area contributed by atoms with Gasteiger partial charge in [0.2, 0.25) is 5.91 Å². The van der Waals surface area contributed by atoms with Crippen LogP contribution in [-0.2, 0) is 24.1 Å². The van der Waals surface area contributed by atoms with Gasteiger partial charge in [0, 0.05) is 23.8 Å². The van der Waals surface area contributed by atoms with Gasteiger partial charge < -0.3 is 10.3 Å². The van der Waals surface area contributed by atoms with E-state index in [9.17, 15) is 9.59 Å². The number of nitrogens with one attached hydrogen (secondary N) is 2. The molecule has 0 bridgehead atoms. The minimum Gasteiger partial charge on any atom is -0.353 e. The van der Waals surface area contributed by atoms with E-state index in [1.807, 2.05) is 0 Å². The van der Waals surface area contributed by atoms with E-state index in [1.165, 1.54) is 36.1 Å². The number of thiophene rings is 1. The molecule has 0 aromatic carbocycles. The second-order valence-electron chi connectivity index (χ2n) is 10.3. The molecule has 2 N–H and O–H groups in total. The lowest BCUT2D eigenvalue weighted by Gasteiger charge is -2.33. The standard InChI is InChI=1S/C24H35N3O2S/c1-24(2,3)15-10-11-17-18(14-15)30-23-21(17)22(29)26-19(27-23)12-13-20(28)25-16-8-6-4-5-7-9-16/h15-16H,4-14H2,1-3H3,(H,25,28)(H,26,27,29)/t15-/m1/s1. The van der Waals surface area contributed by atoms with Crippen molar-refractivity contribution >= 4 is 27.5 Å². The molecule has 1 fully saturated rings. The van der Waals surface area contributed by atoms with Gasteiger partial charge in [-0.2, -0.15) is 0 Å². The van der Waals surface area contributed by atoms with Crippen LogP contribution >= 0.6 is 11.3 Å². The molecule has 30 heavy (non-hydrogen) atoms. The van der Waals surface area contributed by atoms with Crippen LogP contribution in [0.2, 0.25) is 0 Å². The molecule has 0 saturated heterocycles. The van der Waals surface area contributed by atoms with Crippen LogP contribution in [0.15, 0.2) is 4.79 Å². The van der Waals surface area contributed by atoms with Crippen LogP contribution in [0, 0.1) is 11.3 Å². The van der Waals surface area contributed by atoms with Gasteiger partial charge in [0.1, 0.15) is 10.7 Å². The maximum atomic E-state index is 12.8. The lowest BCUT2D eigenvalue weighted by Crippen LogP contribution is -2.34. The molecule has 2 aromatic rings.